The minimum atomic E-state index is -3.13. The number of benzene rings is 1. The molecule has 9 heteroatoms. The van der Waals surface area contributed by atoms with E-state index < -0.39 is 10.0 Å². The van der Waals surface area contributed by atoms with E-state index in [4.69, 9.17) is 4.74 Å². The molecule has 3 aliphatic rings. The summed E-state index contributed by atoms with van der Waals surface area (Å²) < 4.78 is 31.4. The molecule has 0 unspecified atom stereocenters. The van der Waals surface area contributed by atoms with Crippen LogP contribution in [0.2, 0.25) is 0 Å². The SMILES string of the molecule is CCS(=O)(=O)N1CCC(Oc2ccc(NC(=O)N3C=C4C=CNC=C4C3)cc2)CC1. The quantitative estimate of drug-likeness (QED) is 0.749. The zero-order valence-corrected chi connectivity index (χ0v) is 17.7. The number of urea groups is 1. The van der Waals surface area contributed by atoms with Gasteiger partial charge in [-0.15, -0.1) is 0 Å². The highest BCUT2D eigenvalue weighted by molar-refractivity contribution is 7.89. The fraction of sp³-hybridized carbons (Fsp3) is 0.381. The predicted octanol–water partition coefficient (Wildman–Crippen LogP) is 2.61. The third-order valence-electron chi connectivity index (χ3n) is 5.45. The molecule has 0 radical (unpaired) electrons. The highest BCUT2D eigenvalue weighted by Crippen LogP contribution is 2.25. The summed E-state index contributed by atoms with van der Waals surface area (Å²) in [6.07, 6.45) is 8.83. The molecule has 0 aliphatic carbocycles. The van der Waals surface area contributed by atoms with Gasteiger partial charge in [0, 0.05) is 37.4 Å². The van der Waals surface area contributed by atoms with Crippen LogP contribution in [0.4, 0.5) is 10.5 Å². The molecular weight excluding hydrogens is 404 g/mol. The summed E-state index contributed by atoms with van der Waals surface area (Å²) >= 11 is 0. The Bertz CT molecular complexity index is 990. The number of nitrogens with one attached hydrogen (secondary N) is 2. The van der Waals surface area contributed by atoms with Crippen molar-refractivity contribution in [2.24, 2.45) is 0 Å². The smallest absolute Gasteiger partial charge is 0.326 e. The molecule has 3 heterocycles. The molecular formula is C21H26N4O4S. The maximum absolute atomic E-state index is 12.5. The van der Waals surface area contributed by atoms with Crippen LogP contribution in [0.25, 0.3) is 0 Å². The van der Waals surface area contributed by atoms with Crippen molar-refractivity contribution in [2.75, 3.05) is 30.7 Å². The molecule has 0 atom stereocenters. The number of fused-ring (bicyclic) bond motifs is 1. The van der Waals surface area contributed by atoms with Gasteiger partial charge in [0.1, 0.15) is 11.9 Å². The summed E-state index contributed by atoms with van der Waals surface area (Å²) in [7, 11) is -3.13. The molecule has 1 fully saturated rings. The van der Waals surface area contributed by atoms with E-state index in [1.807, 2.05) is 36.8 Å². The second kappa shape index (κ2) is 8.53. The number of nitrogens with zero attached hydrogens (tertiary/aromatic N) is 2. The Hall–Kier alpha value is -2.78. The Labute approximate surface area is 176 Å². The second-order valence-corrected chi connectivity index (χ2v) is 9.71. The van der Waals surface area contributed by atoms with Crippen LogP contribution < -0.4 is 15.4 Å². The van der Waals surface area contributed by atoms with Crippen LogP contribution in [0.15, 0.2) is 60.1 Å². The lowest BCUT2D eigenvalue weighted by Gasteiger charge is -2.31. The Balaban J connectivity index is 1.28. The number of piperidine rings is 1. The predicted molar refractivity (Wildman–Crippen MR) is 115 cm³/mol. The first kappa shape index (κ1) is 20.5. The number of ether oxygens (including phenoxy) is 1. The van der Waals surface area contributed by atoms with Crippen molar-refractivity contribution in [3.8, 4) is 5.75 Å². The average molecular weight is 431 g/mol. The molecule has 2 N–H and O–H groups in total. The minimum absolute atomic E-state index is 0.0109. The van der Waals surface area contributed by atoms with E-state index in [1.54, 1.807) is 24.0 Å². The average Bonchev–Trinajstić information content (AvgIpc) is 3.20. The summed E-state index contributed by atoms with van der Waals surface area (Å²) in [5, 5.41) is 5.92. The molecule has 1 aromatic rings. The van der Waals surface area contributed by atoms with Gasteiger partial charge in [-0.3, -0.25) is 4.90 Å². The number of dihydropyridines is 1. The summed E-state index contributed by atoms with van der Waals surface area (Å²) in [5.41, 5.74) is 2.80. The van der Waals surface area contributed by atoms with Gasteiger partial charge in [0.05, 0.1) is 12.3 Å². The van der Waals surface area contributed by atoms with Crippen molar-refractivity contribution < 1.29 is 17.9 Å². The number of carbonyl (C=O) groups excluding carboxylic acids is 1. The number of carbonyl (C=O) groups is 1. The maximum atomic E-state index is 12.5. The van der Waals surface area contributed by atoms with E-state index >= 15 is 0 Å². The number of rotatable bonds is 5. The largest absolute Gasteiger partial charge is 0.490 e. The molecule has 1 saturated heterocycles. The Kier molecular flexibility index (Phi) is 5.83. The fourth-order valence-corrected chi connectivity index (χ4v) is 4.81. The van der Waals surface area contributed by atoms with Gasteiger partial charge in [-0.1, -0.05) is 0 Å². The molecule has 4 rings (SSSR count). The second-order valence-electron chi connectivity index (χ2n) is 7.45. The lowest BCUT2D eigenvalue weighted by atomic mass is 10.1. The van der Waals surface area contributed by atoms with Crippen LogP contribution in [0, 0.1) is 0 Å². The number of sulfonamides is 1. The Morgan fingerprint density at radius 1 is 1.23 bits per heavy atom. The van der Waals surface area contributed by atoms with Crippen LogP contribution >= 0.6 is 0 Å². The van der Waals surface area contributed by atoms with Gasteiger partial charge in [0.25, 0.3) is 0 Å². The molecule has 0 bridgehead atoms. The van der Waals surface area contributed by atoms with Crippen molar-refractivity contribution >= 4 is 21.7 Å². The topological polar surface area (TPSA) is 91.0 Å². The summed E-state index contributed by atoms with van der Waals surface area (Å²) in [4.78, 5) is 14.1. The normalized spacial score (nSPS) is 19.6. The third-order valence-corrected chi connectivity index (χ3v) is 7.33. The van der Waals surface area contributed by atoms with Crippen LogP contribution in [0.3, 0.4) is 0 Å². The van der Waals surface area contributed by atoms with Crippen molar-refractivity contribution in [1.82, 2.24) is 14.5 Å². The van der Waals surface area contributed by atoms with Gasteiger partial charge in [0.2, 0.25) is 10.0 Å². The molecule has 2 amide bonds. The van der Waals surface area contributed by atoms with Crippen molar-refractivity contribution in [3.05, 3.63) is 60.1 Å². The van der Waals surface area contributed by atoms with Crippen LogP contribution in [0.1, 0.15) is 19.8 Å². The Morgan fingerprint density at radius 2 is 1.97 bits per heavy atom. The van der Waals surface area contributed by atoms with Crippen molar-refractivity contribution in [2.45, 2.75) is 25.9 Å². The van der Waals surface area contributed by atoms with Gasteiger partial charge in [-0.2, -0.15) is 0 Å². The first-order chi connectivity index (χ1) is 14.4. The zero-order chi connectivity index (χ0) is 21.1. The molecule has 30 heavy (non-hydrogen) atoms. The highest BCUT2D eigenvalue weighted by atomic mass is 32.2. The molecule has 8 nitrogen and oxygen atoms in total. The van der Waals surface area contributed by atoms with Crippen molar-refractivity contribution in [1.29, 1.82) is 0 Å². The molecule has 0 aromatic heterocycles. The van der Waals surface area contributed by atoms with Crippen LogP contribution in [0.5, 0.6) is 5.75 Å². The van der Waals surface area contributed by atoms with Crippen molar-refractivity contribution in [3.63, 3.8) is 0 Å². The van der Waals surface area contributed by atoms with E-state index in [0.717, 1.165) is 11.1 Å². The minimum Gasteiger partial charge on any atom is -0.490 e. The molecule has 0 spiro atoms. The monoisotopic (exact) mass is 430 g/mol. The number of hydrogen-bond donors (Lipinski definition) is 2. The lowest BCUT2D eigenvalue weighted by Crippen LogP contribution is -2.42. The van der Waals surface area contributed by atoms with Crippen LogP contribution in [-0.2, 0) is 10.0 Å². The van der Waals surface area contributed by atoms with Crippen LogP contribution in [-0.4, -0.2) is 55.1 Å². The lowest BCUT2D eigenvalue weighted by molar-refractivity contribution is 0.135. The number of hydrogen-bond acceptors (Lipinski definition) is 5. The van der Waals surface area contributed by atoms with Gasteiger partial charge in [-0.05, 0) is 61.3 Å². The molecule has 3 aliphatic heterocycles. The number of allylic oxidation sites excluding steroid dienone is 1. The summed E-state index contributed by atoms with van der Waals surface area (Å²) in [6.45, 7) is 3.17. The third kappa shape index (κ3) is 4.52. The van der Waals surface area contributed by atoms with E-state index in [9.17, 15) is 13.2 Å². The number of anilines is 1. The number of amides is 2. The zero-order valence-electron chi connectivity index (χ0n) is 16.9. The molecule has 1 aromatic carbocycles. The van der Waals surface area contributed by atoms with E-state index in [0.29, 0.717) is 43.9 Å². The van der Waals surface area contributed by atoms with Gasteiger partial charge in [0.15, 0.2) is 0 Å². The first-order valence-electron chi connectivity index (χ1n) is 10.1. The maximum Gasteiger partial charge on any atom is 0.326 e. The first-order valence-corrected chi connectivity index (χ1v) is 11.7. The standard InChI is InChI=1S/C21H26N4O4S/c1-2-30(27,28)25-11-8-20(9-12-25)29-19-5-3-18(4-6-19)23-21(26)24-14-16-7-10-22-13-17(16)15-24/h3-7,10,13-14,20,22H,2,8-9,11-12,15H2,1H3,(H,23,26). The Morgan fingerprint density at radius 3 is 2.63 bits per heavy atom. The van der Waals surface area contributed by atoms with Gasteiger partial charge < -0.3 is 15.4 Å². The summed E-state index contributed by atoms with van der Waals surface area (Å²) in [5.74, 6) is 0.839. The molecule has 160 valence electrons. The fourth-order valence-electron chi connectivity index (χ4n) is 3.68. The molecule has 0 saturated carbocycles. The van der Waals surface area contributed by atoms with Gasteiger partial charge in [-0.25, -0.2) is 17.5 Å². The van der Waals surface area contributed by atoms with E-state index in [-0.39, 0.29) is 17.9 Å². The van der Waals surface area contributed by atoms with E-state index in [2.05, 4.69) is 10.6 Å². The summed E-state index contributed by atoms with van der Waals surface area (Å²) in [6, 6.07) is 7.07. The highest BCUT2D eigenvalue weighted by Gasteiger charge is 2.27. The van der Waals surface area contributed by atoms with Gasteiger partial charge >= 0.3 is 6.03 Å². The van der Waals surface area contributed by atoms with E-state index in [1.165, 1.54) is 4.31 Å².